The van der Waals surface area contributed by atoms with Crippen molar-refractivity contribution in [3.63, 3.8) is 0 Å². The van der Waals surface area contributed by atoms with Gasteiger partial charge in [0.2, 0.25) is 5.88 Å². The molecule has 0 atom stereocenters. The number of halogens is 5. The number of ether oxygens (including phenoxy) is 2. The van der Waals surface area contributed by atoms with Crippen molar-refractivity contribution >= 4 is 5.82 Å². The number of anilines is 1. The molecule has 0 bridgehead atoms. The lowest BCUT2D eigenvalue weighted by Gasteiger charge is -2.32. The van der Waals surface area contributed by atoms with Crippen LogP contribution in [0, 0.1) is 11.6 Å². The molecule has 2 aliphatic rings. The molecule has 5 rings (SSSR count). The van der Waals surface area contributed by atoms with E-state index in [9.17, 15) is 26.7 Å². The highest BCUT2D eigenvalue weighted by Gasteiger charge is 2.33. The predicted molar refractivity (Wildman–Crippen MR) is 123 cm³/mol. The van der Waals surface area contributed by atoms with Gasteiger partial charge in [-0.05, 0) is 36.6 Å². The van der Waals surface area contributed by atoms with Crippen molar-refractivity contribution in [1.82, 2.24) is 14.5 Å². The van der Waals surface area contributed by atoms with E-state index in [-0.39, 0.29) is 18.1 Å². The molecule has 196 valence electrons. The summed E-state index contributed by atoms with van der Waals surface area (Å²) in [7, 11) is 0. The van der Waals surface area contributed by atoms with Crippen LogP contribution in [0.1, 0.15) is 43.4 Å². The number of hydrogen-bond acceptors (Lipinski definition) is 6. The summed E-state index contributed by atoms with van der Waals surface area (Å²) in [6.45, 7) is 0.962. The van der Waals surface area contributed by atoms with Crippen LogP contribution in [0.2, 0.25) is 0 Å². The van der Waals surface area contributed by atoms with Gasteiger partial charge in [0.25, 0.3) is 0 Å². The maximum Gasteiger partial charge on any atom is 0.433 e. The number of nitrogens with zero attached hydrogens (tertiary/aromatic N) is 4. The van der Waals surface area contributed by atoms with Gasteiger partial charge in [0, 0.05) is 37.5 Å². The van der Waals surface area contributed by atoms with E-state index < -0.39 is 40.7 Å². The van der Waals surface area contributed by atoms with E-state index in [1.165, 1.54) is 6.42 Å². The molecule has 3 aromatic rings. The van der Waals surface area contributed by atoms with E-state index in [1.54, 1.807) is 10.6 Å². The molecular weight excluding hydrogens is 499 g/mol. The Morgan fingerprint density at radius 3 is 2.43 bits per heavy atom. The monoisotopic (exact) mass is 522 g/mol. The Labute approximate surface area is 208 Å². The largest absolute Gasteiger partial charge is 0.473 e. The van der Waals surface area contributed by atoms with Gasteiger partial charge in [-0.25, -0.2) is 13.6 Å². The zero-order valence-corrected chi connectivity index (χ0v) is 19.6. The Bertz CT molecular complexity index is 1330. The van der Waals surface area contributed by atoms with Gasteiger partial charge < -0.3 is 14.4 Å². The summed E-state index contributed by atoms with van der Waals surface area (Å²) in [6.07, 6.45) is 1.68. The standard InChI is InChI=1S/C25H23F5N4O3/c26-18-10-15(11-19(27)23(18)37-17-6-7-31-20(12-17)25(28,29)30)14-36-21-13-22-33(16-4-2-1-3-5-16)8-9-34(22)24(35)32-21/h6-7,10-13,16H,1-5,8-9,14H2. The fourth-order valence-electron chi connectivity index (χ4n) is 4.78. The highest BCUT2D eigenvalue weighted by atomic mass is 19.4. The van der Waals surface area contributed by atoms with E-state index >= 15 is 0 Å². The fourth-order valence-corrected chi connectivity index (χ4v) is 4.78. The van der Waals surface area contributed by atoms with Gasteiger partial charge in [0.15, 0.2) is 17.4 Å². The van der Waals surface area contributed by atoms with Gasteiger partial charge in [0.05, 0.1) is 0 Å². The summed E-state index contributed by atoms with van der Waals surface area (Å²) >= 11 is 0. The van der Waals surface area contributed by atoms with Gasteiger partial charge in [-0.1, -0.05) is 19.3 Å². The third-order valence-corrected chi connectivity index (χ3v) is 6.53. The first-order valence-corrected chi connectivity index (χ1v) is 11.9. The molecule has 1 aromatic carbocycles. The number of hydrogen-bond donors (Lipinski definition) is 0. The molecule has 12 heteroatoms. The second-order valence-corrected chi connectivity index (χ2v) is 9.03. The van der Waals surface area contributed by atoms with Crippen LogP contribution in [-0.4, -0.2) is 27.1 Å². The van der Waals surface area contributed by atoms with Crippen LogP contribution in [0.15, 0.2) is 41.3 Å². The summed E-state index contributed by atoms with van der Waals surface area (Å²) in [5.74, 6) is -2.78. The Morgan fingerprint density at radius 1 is 1.00 bits per heavy atom. The van der Waals surface area contributed by atoms with Gasteiger partial charge >= 0.3 is 11.9 Å². The highest BCUT2D eigenvalue weighted by Crippen LogP contribution is 2.34. The minimum absolute atomic E-state index is 0.0385. The normalized spacial score (nSPS) is 16.1. The minimum Gasteiger partial charge on any atom is -0.473 e. The summed E-state index contributed by atoms with van der Waals surface area (Å²) in [6, 6.07) is 5.50. The van der Waals surface area contributed by atoms with Gasteiger partial charge in [-0.3, -0.25) is 9.55 Å². The summed E-state index contributed by atoms with van der Waals surface area (Å²) in [4.78, 5) is 21.8. The van der Waals surface area contributed by atoms with Crippen LogP contribution in [0.5, 0.6) is 17.4 Å². The Kier molecular flexibility index (Phi) is 6.74. The van der Waals surface area contributed by atoms with Crippen molar-refractivity contribution < 1.29 is 31.4 Å². The van der Waals surface area contributed by atoms with Gasteiger partial charge in [-0.15, -0.1) is 0 Å². The van der Waals surface area contributed by atoms with E-state index in [4.69, 9.17) is 9.47 Å². The molecule has 0 N–H and O–H groups in total. The molecule has 0 spiro atoms. The molecule has 0 radical (unpaired) electrons. The minimum atomic E-state index is -4.74. The molecule has 3 heterocycles. The first-order valence-electron chi connectivity index (χ1n) is 11.9. The lowest BCUT2D eigenvalue weighted by atomic mass is 9.94. The number of alkyl halides is 3. The van der Waals surface area contributed by atoms with Crippen LogP contribution >= 0.6 is 0 Å². The number of benzene rings is 1. The molecule has 7 nitrogen and oxygen atoms in total. The zero-order chi connectivity index (χ0) is 26.2. The van der Waals surface area contributed by atoms with Crippen LogP contribution in [0.3, 0.4) is 0 Å². The van der Waals surface area contributed by atoms with Gasteiger partial charge in [0.1, 0.15) is 23.9 Å². The smallest absolute Gasteiger partial charge is 0.433 e. The number of aromatic nitrogens is 3. The quantitative estimate of drug-likeness (QED) is 0.401. The van der Waals surface area contributed by atoms with E-state index in [2.05, 4.69) is 14.9 Å². The second kappa shape index (κ2) is 9.98. The Hall–Kier alpha value is -3.70. The molecule has 2 aromatic heterocycles. The maximum atomic E-state index is 14.6. The van der Waals surface area contributed by atoms with Crippen molar-refractivity contribution in [1.29, 1.82) is 0 Å². The second-order valence-electron chi connectivity index (χ2n) is 9.03. The lowest BCUT2D eigenvalue weighted by molar-refractivity contribution is -0.141. The number of rotatable bonds is 6. The van der Waals surface area contributed by atoms with Crippen molar-refractivity contribution in [3.05, 3.63) is 69.9 Å². The van der Waals surface area contributed by atoms with Crippen LogP contribution in [0.4, 0.5) is 27.8 Å². The summed E-state index contributed by atoms with van der Waals surface area (Å²) < 4.78 is 80.0. The average Bonchev–Trinajstić information content (AvgIpc) is 3.30. The van der Waals surface area contributed by atoms with E-state index in [1.807, 2.05) is 0 Å². The maximum absolute atomic E-state index is 14.6. The fraction of sp³-hybridized carbons (Fsp3) is 0.400. The van der Waals surface area contributed by atoms with Crippen molar-refractivity contribution in [2.24, 2.45) is 0 Å². The molecule has 1 saturated carbocycles. The molecule has 37 heavy (non-hydrogen) atoms. The van der Waals surface area contributed by atoms with Crippen LogP contribution in [0.25, 0.3) is 0 Å². The third-order valence-electron chi connectivity index (χ3n) is 6.53. The third kappa shape index (κ3) is 5.37. The van der Waals surface area contributed by atoms with Crippen molar-refractivity contribution in [2.45, 2.75) is 57.5 Å². The Balaban J connectivity index is 1.31. The Morgan fingerprint density at radius 2 is 1.73 bits per heavy atom. The molecule has 1 aliphatic carbocycles. The SMILES string of the molecule is O=c1nc(OCc2cc(F)c(Oc3ccnc(C(F)(F)F)c3)c(F)c2)cc2n1CCN2C1CCCCC1. The van der Waals surface area contributed by atoms with Gasteiger partial charge in [-0.2, -0.15) is 18.2 Å². The van der Waals surface area contributed by atoms with Crippen LogP contribution < -0.4 is 20.1 Å². The predicted octanol–water partition coefficient (Wildman–Crippen LogP) is 5.46. The van der Waals surface area contributed by atoms with Crippen molar-refractivity contribution in [2.75, 3.05) is 11.4 Å². The zero-order valence-electron chi connectivity index (χ0n) is 19.6. The van der Waals surface area contributed by atoms with Crippen LogP contribution in [-0.2, 0) is 19.3 Å². The lowest BCUT2D eigenvalue weighted by Crippen LogP contribution is -2.35. The first-order chi connectivity index (χ1) is 17.7. The topological polar surface area (TPSA) is 69.5 Å². The molecule has 0 unspecified atom stereocenters. The molecular formula is C25H23F5N4O3. The van der Waals surface area contributed by atoms with E-state index in [0.717, 1.165) is 55.9 Å². The molecule has 1 aliphatic heterocycles. The number of pyridine rings is 1. The van der Waals surface area contributed by atoms with Crippen molar-refractivity contribution in [3.8, 4) is 17.4 Å². The first kappa shape index (κ1) is 25.0. The highest BCUT2D eigenvalue weighted by molar-refractivity contribution is 5.46. The number of fused-ring (bicyclic) bond motifs is 1. The summed E-state index contributed by atoms with van der Waals surface area (Å²) in [5, 5.41) is 0. The molecule has 1 fully saturated rings. The average molecular weight is 522 g/mol. The molecule has 0 saturated heterocycles. The van der Waals surface area contributed by atoms with E-state index in [0.29, 0.717) is 25.2 Å². The molecule has 0 amide bonds. The summed E-state index contributed by atoms with van der Waals surface area (Å²) in [5.41, 5.74) is -1.63.